The van der Waals surface area contributed by atoms with Crippen molar-refractivity contribution in [3.8, 4) is 0 Å². The quantitative estimate of drug-likeness (QED) is 0.351. The number of aliphatic imine (C=N–C) groups is 1. The van der Waals surface area contributed by atoms with Gasteiger partial charge < -0.3 is 10.6 Å². The number of benzene rings is 1. The number of rotatable bonds is 6. The van der Waals surface area contributed by atoms with Gasteiger partial charge in [0.2, 0.25) is 0 Å². The van der Waals surface area contributed by atoms with Crippen molar-refractivity contribution >= 4 is 52.9 Å². The minimum atomic E-state index is -0.0565. The van der Waals surface area contributed by atoms with Crippen LogP contribution in [0.5, 0.6) is 0 Å². The Morgan fingerprint density at radius 2 is 2.08 bits per heavy atom. The Kier molecular flexibility index (Phi) is 9.16. The van der Waals surface area contributed by atoms with Crippen LogP contribution in [-0.4, -0.2) is 24.5 Å². The van der Waals surface area contributed by atoms with Gasteiger partial charge >= 0.3 is 0 Å². The second-order valence-corrected chi connectivity index (χ2v) is 7.88. The summed E-state index contributed by atoms with van der Waals surface area (Å²) in [4.78, 5) is 10.0. The van der Waals surface area contributed by atoms with Crippen molar-refractivity contribution < 1.29 is 0 Å². The molecule has 0 amide bonds. The number of aryl methyl sites for hydroxylation is 1. The topological polar surface area (TPSA) is 49.3 Å². The fraction of sp³-hybridized carbons (Fsp3) is 0.444. The van der Waals surface area contributed by atoms with Crippen LogP contribution < -0.4 is 10.6 Å². The van der Waals surface area contributed by atoms with Gasteiger partial charge in [0.05, 0.1) is 6.54 Å². The molecule has 7 heteroatoms. The summed E-state index contributed by atoms with van der Waals surface area (Å²) in [5.41, 5.74) is 1.14. The molecule has 2 rings (SSSR count). The van der Waals surface area contributed by atoms with Crippen molar-refractivity contribution in [2.75, 3.05) is 13.6 Å². The molecule has 1 aromatic carbocycles. The van der Waals surface area contributed by atoms with E-state index in [-0.39, 0.29) is 29.4 Å². The molecule has 25 heavy (non-hydrogen) atoms. The van der Waals surface area contributed by atoms with E-state index >= 15 is 0 Å². The van der Waals surface area contributed by atoms with E-state index in [1.807, 2.05) is 24.4 Å². The van der Waals surface area contributed by atoms with Gasteiger partial charge in [0.1, 0.15) is 5.01 Å². The van der Waals surface area contributed by atoms with Gasteiger partial charge in [-0.15, -0.1) is 35.3 Å². The summed E-state index contributed by atoms with van der Waals surface area (Å²) in [5, 5.41) is 8.55. The molecule has 1 heterocycles. The second-order valence-electron chi connectivity index (χ2n) is 6.25. The summed E-state index contributed by atoms with van der Waals surface area (Å²) < 4.78 is 0. The average molecular weight is 493 g/mol. The van der Waals surface area contributed by atoms with Gasteiger partial charge in [-0.1, -0.05) is 44.5 Å². The van der Waals surface area contributed by atoms with Crippen LogP contribution in [0.3, 0.4) is 0 Å². The SMILES string of the molecule is CCc1cnc(CNC(=NC)NCC(C)(C)c2cccc(Cl)c2)s1.I. The van der Waals surface area contributed by atoms with Crippen molar-refractivity contribution in [1.29, 1.82) is 0 Å². The number of hydrogen-bond acceptors (Lipinski definition) is 3. The monoisotopic (exact) mass is 492 g/mol. The lowest BCUT2D eigenvalue weighted by atomic mass is 9.84. The summed E-state index contributed by atoms with van der Waals surface area (Å²) in [5.74, 6) is 0.776. The van der Waals surface area contributed by atoms with Crippen LogP contribution in [-0.2, 0) is 18.4 Å². The zero-order chi connectivity index (χ0) is 17.6. The third kappa shape index (κ3) is 6.75. The molecule has 0 spiro atoms. The zero-order valence-corrected chi connectivity index (χ0v) is 19.0. The molecule has 1 aromatic heterocycles. The molecule has 0 unspecified atom stereocenters. The smallest absolute Gasteiger partial charge is 0.191 e. The number of hydrogen-bond donors (Lipinski definition) is 2. The van der Waals surface area contributed by atoms with E-state index in [1.165, 1.54) is 10.4 Å². The van der Waals surface area contributed by atoms with Gasteiger partial charge in [-0.25, -0.2) is 4.98 Å². The Bertz CT molecular complexity index is 700. The first kappa shape index (κ1) is 22.2. The van der Waals surface area contributed by atoms with E-state index in [4.69, 9.17) is 11.6 Å². The van der Waals surface area contributed by atoms with Gasteiger partial charge in [-0.3, -0.25) is 4.99 Å². The maximum atomic E-state index is 6.11. The van der Waals surface area contributed by atoms with E-state index in [2.05, 4.69) is 47.4 Å². The van der Waals surface area contributed by atoms with Crippen LogP contribution in [0.25, 0.3) is 0 Å². The Morgan fingerprint density at radius 3 is 2.68 bits per heavy atom. The highest BCUT2D eigenvalue weighted by Gasteiger charge is 2.21. The fourth-order valence-corrected chi connectivity index (χ4v) is 3.28. The third-order valence-corrected chi connectivity index (χ3v) is 5.26. The molecule has 2 aromatic rings. The summed E-state index contributed by atoms with van der Waals surface area (Å²) in [6, 6.07) is 8.00. The Balaban J connectivity index is 0.00000312. The Morgan fingerprint density at radius 1 is 1.32 bits per heavy atom. The predicted molar refractivity (Wildman–Crippen MR) is 120 cm³/mol. The van der Waals surface area contributed by atoms with Crippen LogP contribution in [0.4, 0.5) is 0 Å². The molecule has 0 saturated carbocycles. The van der Waals surface area contributed by atoms with Crippen molar-refractivity contribution in [2.24, 2.45) is 4.99 Å². The summed E-state index contributed by atoms with van der Waals surface area (Å²) in [6.45, 7) is 7.96. The molecule has 2 N–H and O–H groups in total. The molecule has 0 aliphatic heterocycles. The number of nitrogens with zero attached hydrogens (tertiary/aromatic N) is 2. The van der Waals surface area contributed by atoms with E-state index < -0.39 is 0 Å². The Hall–Kier alpha value is -0.860. The lowest BCUT2D eigenvalue weighted by molar-refractivity contribution is 0.508. The van der Waals surface area contributed by atoms with Gasteiger partial charge in [-0.2, -0.15) is 0 Å². The molecule has 0 saturated heterocycles. The van der Waals surface area contributed by atoms with Gasteiger partial charge in [0.25, 0.3) is 0 Å². The Labute approximate surface area is 176 Å². The molecular formula is C18H26ClIN4S. The molecule has 4 nitrogen and oxygen atoms in total. The minimum absolute atomic E-state index is 0. The van der Waals surface area contributed by atoms with Crippen molar-refractivity contribution in [3.05, 3.63) is 50.9 Å². The first-order chi connectivity index (χ1) is 11.4. The van der Waals surface area contributed by atoms with Gasteiger partial charge in [-0.05, 0) is 24.1 Å². The van der Waals surface area contributed by atoms with E-state index in [1.54, 1.807) is 18.4 Å². The second kappa shape index (κ2) is 10.3. The molecule has 0 bridgehead atoms. The molecule has 0 atom stereocenters. The number of nitrogens with one attached hydrogen (secondary N) is 2. The van der Waals surface area contributed by atoms with Crippen LogP contribution in [0, 0.1) is 0 Å². The van der Waals surface area contributed by atoms with Gasteiger partial charge in [0.15, 0.2) is 5.96 Å². The summed E-state index contributed by atoms with van der Waals surface area (Å²) in [7, 11) is 1.78. The predicted octanol–water partition coefficient (Wildman–Crippen LogP) is 4.62. The first-order valence-corrected chi connectivity index (χ1v) is 9.28. The highest BCUT2D eigenvalue weighted by Crippen LogP contribution is 2.24. The summed E-state index contributed by atoms with van der Waals surface area (Å²) >= 11 is 7.85. The lowest BCUT2D eigenvalue weighted by Crippen LogP contribution is -2.43. The van der Waals surface area contributed by atoms with E-state index in [0.29, 0.717) is 6.54 Å². The highest BCUT2D eigenvalue weighted by molar-refractivity contribution is 14.0. The van der Waals surface area contributed by atoms with Crippen molar-refractivity contribution in [2.45, 2.75) is 39.2 Å². The number of thiazole rings is 1. The molecule has 0 aliphatic carbocycles. The number of aromatic nitrogens is 1. The summed E-state index contributed by atoms with van der Waals surface area (Å²) in [6.07, 6.45) is 2.97. The van der Waals surface area contributed by atoms with Crippen LogP contribution in [0.15, 0.2) is 35.5 Å². The molecule has 0 fully saturated rings. The molecule has 138 valence electrons. The first-order valence-electron chi connectivity index (χ1n) is 8.08. The molecule has 0 radical (unpaired) electrons. The minimum Gasteiger partial charge on any atom is -0.356 e. The third-order valence-electron chi connectivity index (χ3n) is 3.88. The van der Waals surface area contributed by atoms with Crippen LogP contribution >= 0.6 is 46.9 Å². The van der Waals surface area contributed by atoms with E-state index in [0.717, 1.165) is 29.0 Å². The lowest BCUT2D eigenvalue weighted by Gasteiger charge is -2.27. The highest BCUT2D eigenvalue weighted by atomic mass is 127. The average Bonchev–Trinajstić information content (AvgIpc) is 3.03. The van der Waals surface area contributed by atoms with Crippen molar-refractivity contribution in [1.82, 2.24) is 15.6 Å². The number of halogens is 2. The zero-order valence-electron chi connectivity index (χ0n) is 15.1. The van der Waals surface area contributed by atoms with Crippen molar-refractivity contribution in [3.63, 3.8) is 0 Å². The van der Waals surface area contributed by atoms with Crippen LogP contribution in [0.2, 0.25) is 5.02 Å². The van der Waals surface area contributed by atoms with Gasteiger partial charge in [0, 0.05) is 35.1 Å². The fourth-order valence-electron chi connectivity index (χ4n) is 2.29. The van der Waals surface area contributed by atoms with Crippen LogP contribution in [0.1, 0.15) is 36.2 Å². The normalized spacial score (nSPS) is 11.8. The largest absolute Gasteiger partial charge is 0.356 e. The molecular weight excluding hydrogens is 467 g/mol. The maximum absolute atomic E-state index is 6.11. The maximum Gasteiger partial charge on any atom is 0.191 e. The van der Waals surface area contributed by atoms with E-state index in [9.17, 15) is 0 Å². The number of guanidine groups is 1. The molecule has 0 aliphatic rings. The standard InChI is InChI=1S/C18H25ClN4S.HI/c1-5-15-10-21-16(24-15)11-22-17(20-4)23-12-18(2,3)13-7-6-8-14(19)9-13;/h6-10H,5,11-12H2,1-4H3,(H2,20,22,23);1H.